The fourth-order valence-electron chi connectivity index (χ4n) is 2.98. The number of aliphatic hydroxyl groups excluding tert-OH is 1. The lowest BCUT2D eigenvalue weighted by molar-refractivity contribution is 0.103. The van der Waals surface area contributed by atoms with E-state index in [0.29, 0.717) is 23.4 Å². The maximum atomic E-state index is 12.5. The lowest BCUT2D eigenvalue weighted by atomic mass is 10.0. The van der Waals surface area contributed by atoms with Gasteiger partial charge in [0.1, 0.15) is 0 Å². The zero-order valence-electron chi connectivity index (χ0n) is 13.3. The molecule has 124 valence electrons. The molecule has 1 heterocycles. The van der Waals surface area contributed by atoms with Crippen LogP contribution in [0.3, 0.4) is 0 Å². The van der Waals surface area contributed by atoms with Gasteiger partial charge in [-0.2, -0.15) is 0 Å². The predicted molar refractivity (Wildman–Crippen MR) is 92.1 cm³/mol. The van der Waals surface area contributed by atoms with Crippen LogP contribution in [-0.2, 0) is 0 Å². The Labute approximate surface area is 140 Å². The summed E-state index contributed by atoms with van der Waals surface area (Å²) in [6, 6.07) is 15.6. The highest BCUT2D eigenvalue weighted by atomic mass is 16.3. The van der Waals surface area contributed by atoms with Gasteiger partial charge in [0, 0.05) is 23.4 Å². The molecule has 3 rings (SSSR count). The van der Waals surface area contributed by atoms with Gasteiger partial charge in [0.15, 0.2) is 5.78 Å². The van der Waals surface area contributed by atoms with Crippen molar-refractivity contribution in [3.05, 3.63) is 65.7 Å². The molecule has 0 radical (unpaired) electrons. The number of likely N-dealkylation sites (tertiary alicyclic amines) is 1. The Bertz CT molecular complexity index is 730. The van der Waals surface area contributed by atoms with E-state index in [4.69, 9.17) is 0 Å². The van der Waals surface area contributed by atoms with E-state index in [0.717, 1.165) is 12.8 Å². The van der Waals surface area contributed by atoms with Crippen LogP contribution in [0, 0.1) is 0 Å². The lowest BCUT2D eigenvalue weighted by Gasteiger charge is -2.23. The number of amides is 2. The van der Waals surface area contributed by atoms with Crippen LogP contribution in [0.4, 0.5) is 10.5 Å². The molecule has 5 nitrogen and oxygen atoms in total. The zero-order chi connectivity index (χ0) is 16.9. The summed E-state index contributed by atoms with van der Waals surface area (Å²) < 4.78 is 0. The number of aliphatic hydroxyl groups is 1. The van der Waals surface area contributed by atoms with Crippen LogP contribution >= 0.6 is 0 Å². The highest BCUT2D eigenvalue weighted by molar-refractivity contribution is 6.09. The van der Waals surface area contributed by atoms with E-state index >= 15 is 0 Å². The van der Waals surface area contributed by atoms with Crippen molar-refractivity contribution >= 4 is 17.5 Å². The van der Waals surface area contributed by atoms with Gasteiger partial charge in [0.25, 0.3) is 0 Å². The number of nitrogens with one attached hydrogen (secondary N) is 1. The Kier molecular flexibility index (Phi) is 4.91. The third-order valence-corrected chi connectivity index (χ3v) is 4.26. The molecule has 2 aromatic rings. The first kappa shape index (κ1) is 16.2. The van der Waals surface area contributed by atoms with Crippen LogP contribution in [0.5, 0.6) is 0 Å². The van der Waals surface area contributed by atoms with Crippen LogP contribution in [-0.4, -0.2) is 41.0 Å². The number of anilines is 1. The van der Waals surface area contributed by atoms with Gasteiger partial charge in [-0.15, -0.1) is 0 Å². The summed E-state index contributed by atoms with van der Waals surface area (Å²) in [6.45, 7) is 0.611. The van der Waals surface area contributed by atoms with E-state index in [2.05, 4.69) is 5.32 Å². The Morgan fingerprint density at radius 1 is 1.08 bits per heavy atom. The van der Waals surface area contributed by atoms with Gasteiger partial charge in [0.05, 0.1) is 12.6 Å². The molecule has 1 aliphatic heterocycles. The third kappa shape index (κ3) is 3.46. The van der Waals surface area contributed by atoms with Gasteiger partial charge in [-0.05, 0) is 25.0 Å². The van der Waals surface area contributed by atoms with Crippen molar-refractivity contribution in [2.24, 2.45) is 0 Å². The molecule has 1 fully saturated rings. The molecular weight excluding hydrogens is 304 g/mol. The van der Waals surface area contributed by atoms with Gasteiger partial charge in [0.2, 0.25) is 0 Å². The summed E-state index contributed by atoms with van der Waals surface area (Å²) in [6.07, 6.45) is 1.71. The van der Waals surface area contributed by atoms with Crippen molar-refractivity contribution in [2.45, 2.75) is 18.9 Å². The van der Waals surface area contributed by atoms with Gasteiger partial charge in [-0.3, -0.25) is 4.79 Å². The molecule has 2 N–H and O–H groups in total. The molecule has 1 aliphatic rings. The summed E-state index contributed by atoms with van der Waals surface area (Å²) >= 11 is 0. The van der Waals surface area contributed by atoms with E-state index in [1.54, 1.807) is 41.3 Å². The van der Waals surface area contributed by atoms with E-state index in [-0.39, 0.29) is 24.5 Å². The molecule has 24 heavy (non-hydrogen) atoms. The molecule has 0 bridgehead atoms. The minimum Gasteiger partial charge on any atom is -0.394 e. The van der Waals surface area contributed by atoms with Crippen molar-refractivity contribution in [1.29, 1.82) is 0 Å². The van der Waals surface area contributed by atoms with Crippen LogP contribution in [0.2, 0.25) is 0 Å². The standard InChI is InChI=1S/C19H20N2O3/c22-13-17-10-5-11-21(17)19(24)20-16-9-4-8-15(12-16)18(23)14-6-2-1-3-7-14/h1-4,6-9,12,17,22H,5,10-11,13H2,(H,20,24)/t17-/m0/s1. The molecule has 0 unspecified atom stereocenters. The fourth-order valence-corrected chi connectivity index (χ4v) is 2.98. The maximum absolute atomic E-state index is 12.5. The van der Waals surface area contributed by atoms with Crippen LogP contribution in [0.15, 0.2) is 54.6 Å². The van der Waals surface area contributed by atoms with Gasteiger partial charge in [-0.25, -0.2) is 4.79 Å². The van der Waals surface area contributed by atoms with Gasteiger partial charge in [-0.1, -0.05) is 42.5 Å². The summed E-state index contributed by atoms with van der Waals surface area (Å²) in [5.41, 5.74) is 1.71. The number of rotatable bonds is 4. The van der Waals surface area contributed by atoms with Crippen LogP contribution in [0.1, 0.15) is 28.8 Å². The molecule has 0 aliphatic carbocycles. The maximum Gasteiger partial charge on any atom is 0.322 e. The van der Waals surface area contributed by atoms with Crippen molar-refractivity contribution < 1.29 is 14.7 Å². The summed E-state index contributed by atoms with van der Waals surface area (Å²) in [4.78, 5) is 26.5. The van der Waals surface area contributed by atoms with E-state index in [1.165, 1.54) is 0 Å². The molecule has 5 heteroatoms. The van der Waals surface area contributed by atoms with Crippen molar-refractivity contribution in [3.63, 3.8) is 0 Å². The Hall–Kier alpha value is -2.66. The highest BCUT2D eigenvalue weighted by Crippen LogP contribution is 2.20. The molecule has 2 aromatic carbocycles. The number of carbonyl (C=O) groups excluding carboxylic acids is 2. The first-order chi connectivity index (χ1) is 11.7. The van der Waals surface area contributed by atoms with Crippen molar-refractivity contribution in [3.8, 4) is 0 Å². The molecule has 2 amide bonds. The predicted octanol–water partition coefficient (Wildman–Crippen LogP) is 2.91. The molecule has 1 atom stereocenters. The monoisotopic (exact) mass is 324 g/mol. The van der Waals surface area contributed by atoms with Crippen LogP contribution in [0.25, 0.3) is 0 Å². The number of benzene rings is 2. The smallest absolute Gasteiger partial charge is 0.322 e. The Balaban J connectivity index is 1.74. The van der Waals surface area contributed by atoms with Gasteiger partial charge >= 0.3 is 6.03 Å². The average molecular weight is 324 g/mol. The average Bonchev–Trinajstić information content (AvgIpc) is 3.11. The number of hydrogen-bond donors (Lipinski definition) is 2. The van der Waals surface area contributed by atoms with E-state index < -0.39 is 0 Å². The normalized spacial score (nSPS) is 16.9. The van der Waals surface area contributed by atoms with E-state index in [1.807, 2.05) is 18.2 Å². The van der Waals surface area contributed by atoms with Crippen molar-refractivity contribution in [2.75, 3.05) is 18.5 Å². The lowest BCUT2D eigenvalue weighted by Crippen LogP contribution is -2.40. The molecule has 0 aromatic heterocycles. The second-order valence-electron chi connectivity index (χ2n) is 5.88. The number of ketones is 1. The summed E-state index contributed by atoms with van der Waals surface area (Å²) in [5.74, 6) is -0.0823. The molecule has 0 saturated carbocycles. The minimum atomic E-state index is -0.240. The summed E-state index contributed by atoms with van der Waals surface area (Å²) in [5, 5.41) is 12.1. The molecule has 1 saturated heterocycles. The largest absolute Gasteiger partial charge is 0.394 e. The fraction of sp³-hybridized carbons (Fsp3) is 0.263. The first-order valence-corrected chi connectivity index (χ1v) is 8.07. The van der Waals surface area contributed by atoms with Gasteiger partial charge < -0.3 is 15.3 Å². The second-order valence-corrected chi connectivity index (χ2v) is 5.88. The summed E-state index contributed by atoms with van der Waals surface area (Å²) in [7, 11) is 0. The zero-order valence-corrected chi connectivity index (χ0v) is 13.3. The number of urea groups is 1. The quantitative estimate of drug-likeness (QED) is 0.850. The second kappa shape index (κ2) is 7.27. The highest BCUT2D eigenvalue weighted by Gasteiger charge is 2.28. The SMILES string of the molecule is O=C(c1ccccc1)c1cccc(NC(=O)N2CCC[C@H]2CO)c1. The number of nitrogens with zero attached hydrogens (tertiary/aromatic N) is 1. The minimum absolute atomic E-state index is 0.0278. The van der Waals surface area contributed by atoms with Crippen molar-refractivity contribution in [1.82, 2.24) is 4.90 Å². The van der Waals surface area contributed by atoms with E-state index in [9.17, 15) is 14.7 Å². The Morgan fingerprint density at radius 2 is 1.83 bits per heavy atom. The Morgan fingerprint density at radius 3 is 2.58 bits per heavy atom. The van der Waals surface area contributed by atoms with Crippen LogP contribution < -0.4 is 5.32 Å². The molecular formula is C19H20N2O3. The third-order valence-electron chi connectivity index (χ3n) is 4.26. The first-order valence-electron chi connectivity index (χ1n) is 8.07. The topological polar surface area (TPSA) is 69.6 Å². The number of hydrogen-bond acceptors (Lipinski definition) is 3. The number of carbonyl (C=O) groups is 2. The molecule has 0 spiro atoms.